The highest BCUT2D eigenvalue weighted by Crippen LogP contribution is 2.44. The summed E-state index contributed by atoms with van der Waals surface area (Å²) in [4.78, 5) is 13.1. The Kier molecular flexibility index (Phi) is 5.38. The van der Waals surface area contributed by atoms with Crippen LogP contribution in [0.1, 0.15) is 36.8 Å². The summed E-state index contributed by atoms with van der Waals surface area (Å²) in [6, 6.07) is 14.2. The molecule has 0 spiro atoms. The first kappa shape index (κ1) is 20.0. The Balaban J connectivity index is 1.61. The van der Waals surface area contributed by atoms with Crippen LogP contribution in [0.5, 0.6) is 0 Å². The maximum atomic E-state index is 13.4. The number of anilines is 1. The molecule has 3 atom stereocenters. The molecule has 1 N–H and O–H groups in total. The van der Waals surface area contributed by atoms with Gasteiger partial charge in [-0.1, -0.05) is 42.3 Å². The number of carbonyl (C=O) groups is 1. The van der Waals surface area contributed by atoms with Gasteiger partial charge in [0.25, 0.3) is 10.0 Å². The fourth-order valence-corrected chi connectivity index (χ4v) is 6.27. The number of benzene rings is 2. The van der Waals surface area contributed by atoms with Crippen molar-refractivity contribution in [1.29, 1.82) is 0 Å². The maximum Gasteiger partial charge on any atom is 0.264 e. The predicted molar refractivity (Wildman–Crippen MR) is 114 cm³/mol. The van der Waals surface area contributed by atoms with Gasteiger partial charge in [-0.15, -0.1) is 0 Å². The number of amides is 1. The van der Waals surface area contributed by atoms with Crippen LogP contribution >= 0.6 is 0 Å². The first-order valence-electron chi connectivity index (χ1n) is 10.3. The second-order valence-electron chi connectivity index (χ2n) is 8.46. The van der Waals surface area contributed by atoms with Gasteiger partial charge in [0.1, 0.15) is 6.54 Å². The highest BCUT2D eigenvalue weighted by atomic mass is 32.2. The monoisotopic (exact) mass is 412 g/mol. The Morgan fingerprint density at radius 1 is 1.03 bits per heavy atom. The van der Waals surface area contributed by atoms with E-state index < -0.39 is 10.0 Å². The average molecular weight is 413 g/mol. The molecule has 0 aromatic heterocycles. The van der Waals surface area contributed by atoms with E-state index in [1.54, 1.807) is 36.4 Å². The van der Waals surface area contributed by atoms with Crippen molar-refractivity contribution < 1.29 is 13.2 Å². The molecule has 2 aliphatic carbocycles. The summed E-state index contributed by atoms with van der Waals surface area (Å²) in [6.45, 7) is 3.56. The fourth-order valence-electron chi connectivity index (χ4n) is 4.78. The molecule has 0 heterocycles. The second-order valence-corrected chi connectivity index (χ2v) is 10.3. The smallest absolute Gasteiger partial charge is 0.264 e. The van der Waals surface area contributed by atoms with E-state index in [0.29, 0.717) is 17.5 Å². The lowest BCUT2D eigenvalue weighted by atomic mass is 9.95. The number of aryl methyl sites for hydroxylation is 2. The molecule has 1 amide bonds. The molecular formula is C23H28N2O3S. The number of sulfonamides is 1. The third-order valence-electron chi connectivity index (χ3n) is 6.36. The van der Waals surface area contributed by atoms with Gasteiger partial charge in [0.05, 0.1) is 10.6 Å². The zero-order valence-electron chi connectivity index (χ0n) is 17.0. The standard InChI is InChI=1S/C23H28N2O3S/c1-16-7-11-20(12-8-16)29(27,28)25(22-6-4-3-5-17(22)2)15-23(26)24-21-14-18-9-10-19(21)13-18/h3-8,11-12,18-19,21H,9-10,13-15H2,1-2H3,(H,24,26)/t18-,19-,21-/m0/s1. The molecule has 29 heavy (non-hydrogen) atoms. The van der Waals surface area contributed by atoms with E-state index >= 15 is 0 Å². The first-order chi connectivity index (χ1) is 13.8. The summed E-state index contributed by atoms with van der Waals surface area (Å²) in [5.41, 5.74) is 2.34. The molecule has 0 aliphatic heterocycles. The van der Waals surface area contributed by atoms with Gasteiger partial charge in [-0.2, -0.15) is 0 Å². The number of nitrogens with one attached hydrogen (secondary N) is 1. The summed E-state index contributed by atoms with van der Waals surface area (Å²) < 4.78 is 28.1. The molecule has 0 saturated heterocycles. The molecule has 4 rings (SSSR count). The molecule has 0 unspecified atom stereocenters. The summed E-state index contributed by atoms with van der Waals surface area (Å²) >= 11 is 0. The zero-order valence-corrected chi connectivity index (χ0v) is 17.8. The van der Waals surface area contributed by atoms with E-state index in [1.165, 1.54) is 23.6 Å². The van der Waals surface area contributed by atoms with E-state index in [-0.39, 0.29) is 23.4 Å². The van der Waals surface area contributed by atoms with Crippen LogP contribution in [0.2, 0.25) is 0 Å². The van der Waals surface area contributed by atoms with Gasteiger partial charge in [0.15, 0.2) is 0 Å². The molecule has 2 aliphatic rings. The van der Waals surface area contributed by atoms with Crippen LogP contribution in [0.25, 0.3) is 0 Å². The largest absolute Gasteiger partial charge is 0.352 e. The molecule has 2 aromatic rings. The summed E-state index contributed by atoms with van der Waals surface area (Å²) in [5.74, 6) is 1.03. The molecule has 6 heteroatoms. The third-order valence-corrected chi connectivity index (χ3v) is 8.14. The Hall–Kier alpha value is -2.34. The summed E-state index contributed by atoms with van der Waals surface area (Å²) in [5, 5.41) is 3.12. The molecule has 2 bridgehead atoms. The second kappa shape index (κ2) is 7.82. The quantitative estimate of drug-likeness (QED) is 0.785. The molecule has 0 radical (unpaired) electrons. The van der Waals surface area contributed by atoms with Gasteiger partial charge < -0.3 is 5.32 Å². The van der Waals surface area contributed by atoms with Gasteiger partial charge in [0, 0.05) is 6.04 Å². The molecule has 2 aromatic carbocycles. The highest BCUT2D eigenvalue weighted by Gasteiger charge is 2.40. The fraction of sp³-hybridized carbons (Fsp3) is 0.435. The van der Waals surface area contributed by atoms with Crippen molar-refractivity contribution in [3.05, 3.63) is 59.7 Å². The topological polar surface area (TPSA) is 66.5 Å². The van der Waals surface area contributed by atoms with E-state index in [4.69, 9.17) is 0 Å². The normalized spacial score (nSPS) is 23.2. The minimum Gasteiger partial charge on any atom is -0.352 e. The van der Waals surface area contributed by atoms with Crippen molar-refractivity contribution in [2.24, 2.45) is 11.8 Å². The number of rotatable bonds is 6. The Labute approximate surface area is 173 Å². The summed E-state index contributed by atoms with van der Waals surface area (Å²) in [7, 11) is -3.86. The predicted octanol–water partition coefficient (Wildman–Crippen LogP) is 3.80. The van der Waals surface area contributed by atoms with Gasteiger partial charge in [-0.25, -0.2) is 8.42 Å². The molecular weight excluding hydrogens is 384 g/mol. The number of hydrogen-bond donors (Lipinski definition) is 1. The van der Waals surface area contributed by atoms with Crippen LogP contribution in [-0.2, 0) is 14.8 Å². The number of carbonyl (C=O) groups excluding carboxylic acids is 1. The molecule has 2 fully saturated rings. The van der Waals surface area contributed by atoms with E-state index in [0.717, 1.165) is 17.5 Å². The van der Waals surface area contributed by atoms with Crippen LogP contribution in [0.15, 0.2) is 53.4 Å². The SMILES string of the molecule is Cc1ccc(S(=O)(=O)N(CC(=O)N[C@H]2C[C@H]3CC[C@H]2C3)c2ccccc2C)cc1. The van der Waals surface area contributed by atoms with E-state index in [2.05, 4.69) is 5.32 Å². The number of hydrogen-bond acceptors (Lipinski definition) is 3. The van der Waals surface area contributed by atoms with Crippen molar-refractivity contribution in [2.75, 3.05) is 10.8 Å². The van der Waals surface area contributed by atoms with Crippen LogP contribution in [0.3, 0.4) is 0 Å². The van der Waals surface area contributed by atoms with Gasteiger partial charge in [-0.05, 0) is 68.7 Å². The molecule has 2 saturated carbocycles. The van der Waals surface area contributed by atoms with Crippen molar-refractivity contribution in [3.63, 3.8) is 0 Å². The van der Waals surface area contributed by atoms with Crippen LogP contribution in [-0.4, -0.2) is 26.9 Å². The van der Waals surface area contributed by atoms with E-state index in [1.807, 2.05) is 26.0 Å². The number of para-hydroxylation sites is 1. The minimum atomic E-state index is -3.86. The van der Waals surface area contributed by atoms with Gasteiger partial charge in [-0.3, -0.25) is 9.10 Å². The highest BCUT2D eigenvalue weighted by molar-refractivity contribution is 7.92. The first-order valence-corrected chi connectivity index (χ1v) is 11.7. The number of nitrogens with zero attached hydrogens (tertiary/aromatic N) is 1. The molecule has 5 nitrogen and oxygen atoms in total. The average Bonchev–Trinajstić information content (AvgIpc) is 3.30. The lowest BCUT2D eigenvalue weighted by Gasteiger charge is -2.28. The van der Waals surface area contributed by atoms with Gasteiger partial charge in [0.2, 0.25) is 5.91 Å². The maximum absolute atomic E-state index is 13.4. The van der Waals surface area contributed by atoms with Gasteiger partial charge >= 0.3 is 0 Å². The van der Waals surface area contributed by atoms with Crippen LogP contribution in [0.4, 0.5) is 5.69 Å². The van der Waals surface area contributed by atoms with Crippen molar-refractivity contribution >= 4 is 21.6 Å². The molecule has 154 valence electrons. The summed E-state index contributed by atoms with van der Waals surface area (Å²) in [6.07, 6.45) is 4.63. The van der Waals surface area contributed by atoms with Crippen molar-refractivity contribution in [2.45, 2.75) is 50.5 Å². The van der Waals surface area contributed by atoms with Crippen LogP contribution < -0.4 is 9.62 Å². The van der Waals surface area contributed by atoms with Crippen molar-refractivity contribution in [1.82, 2.24) is 5.32 Å². The minimum absolute atomic E-state index is 0.182. The number of fused-ring (bicyclic) bond motifs is 2. The lowest BCUT2D eigenvalue weighted by molar-refractivity contribution is -0.120. The Bertz CT molecular complexity index is 1000. The Morgan fingerprint density at radius 3 is 2.38 bits per heavy atom. The van der Waals surface area contributed by atoms with Crippen molar-refractivity contribution in [3.8, 4) is 0 Å². The van der Waals surface area contributed by atoms with E-state index in [9.17, 15) is 13.2 Å². The zero-order chi connectivity index (χ0) is 20.6. The third kappa shape index (κ3) is 4.04. The van der Waals surface area contributed by atoms with Crippen LogP contribution in [0, 0.1) is 25.7 Å². The lowest BCUT2D eigenvalue weighted by Crippen LogP contribution is -2.46. The Morgan fingerprint density at radius 2 is 1.76 bits per heavy atom.